The summed E-state index contributed by atoms with van der Waals surface area (Å²) in [6, 6.07) is 8.36. The van der Waals surface area contributed by atoms with Gasteiger partial charge >= 0.3 is 5.97 Å². The second-order valence-electron chi connectivity index (χ2n) is 4.89. The van der Waals surface area contributed by atoms with E-state index in [-0.39, 0.29) is 5.75 Å². The van der Waals surface area contributed by atoms with Crippen molar-refractivity contribution in [2.75, 3.05) is 6.54 Å². The zero-order valence-electron chi connectivity index (χ0n) is 10.8. The van der Waals surface area contributed by atoms with E-state index >= 15 is 0 Å². The van der Waals surface area contributed by atoms with E-state index in [4.69, 9.17) is 0 Å². The number of aliphatic carboxylic acids is 1. The maximum atomic E-state index is 11.6. The lowest BCUT2D eigenvalue weighted by Crippen LogP contribution is -2.38. The van der Waals surface area contributed by atoms with Gasteiger partial charge in [-0.25, -0.2) is 0 Å². The Kier molecular flexibility index (Phi) is 3.46. The maximum Gasteiger partial charge on any atom is 0.325 e. The lowest BCUT2D eigenvalue weighted by Gasteiger charge is -2.33. The van der Waals surface area contributed by atoms with Gasteiger partial charge < -0.3 is 10.2 Å². The summed E-state index contributed by atoms with van der Waals surface area (Å²) in [4.78, 5) is 14.7. The van der Waals surface area contributed by atoms with Gasteiger partial charge in [-0.15, -0.1) is 11.3 Å². The lowest BCUT2D eigenvalue weighted by atomic mass is 9.99. The first kappa shape index (κ1) is 13.1. The summed E-state index contributed by atoms with van der Waals surface area (Å²) < 4.78 is 0. The van der Waals surface area contributed by atoms with Crippen LogP contribution in [-0.4, -0.2) is 27.6 Å². The molecule has 0 bridgehead atoms. The molecule has 4 nitrogen and oxygen atoms in total. The molecule has 0 fully saturated rings. The fourth-order valence-electron chi connectivity index (χ4n) is 2.69. The molecule has 1 atom stereocenters. The Bertz CT molecular complexity index is 638. The Morgan fingerprint density at radius 2 is 2.15 bits per heavy atom. The molecular weight excluding hydrogens is 274 g/mol. The van der Waals surface area contributed by atoms with E-state index in [0.717, 1.165) is 22.4 Å². The smallest absolute Gasteiger partial charge is 0.325 e. The van der Waals surface area contributed by atoms with Crippen LogP contribution in [0.1, 0.15) is 22.0 Å². The number of carbonyl (C=O) groups is 1. The summed E-state index contributed by atoms with van der Waals surface area (Å²) in [5, 5.41) is 21.3. The number of phenols is 1. The van der Waals surface area contributed by atoms with E-state index < -0.39 is 12.0 Å². The Morgan fingerprint density at radius 1 is 1.35 bits per heavy atom. The van der Waals surface area contributed by atoms with Gasteiger partial charge in [0, 0.05) is 23.5 Å². The molecule has 1 aromatic carbocycles. The summed E-state index contributed by atoms with van der Waals surface area (Å²) in [6.07, 6.45) is 0.865. The van der Waals surface area contributed by atoms with Crippen LogP contribution in [-0.2, 0) is 17.8 Å². The van der Waals surface area contributed by atoms with Crippen molar-refractivity contribution in [3.63, 3.8) is 0 Å². The van der Waals surface area contributed by atoms with E-state index in [1.54, 1.807) is 23.5 Å². The highest BCUT2D eigenvalue weighted by molar-refractivity contribution is 7.10. The molecule has 1 aliphatic rings. The van der Waals surface area contributed by atoms with Crippen molar-refractivity contribution >= 4 is 17.3 Å². The molecule has 0 saturated heterocycles. The summed E-state index contributed by atoms with van der Waals surface area (Å²) in [5.41, 5.74) is 1.65. The molecule has 0 radical (unpaired) electrons. The Balaban J connectivity index is 1.90. The van der Waals surface area contributed by atoms with Crippen LogP contribution in [0.4, 0.5) is 0 Å². The summed E-state index contributed by atoms with van der Waals surface area (Å²) in [5.74, 6) is -0.618. The van der Waals surface area contributed by atoms with Crippen molar-refractivity contribution in [3.05, 3.63) is 51.7 Å². The third-order valence-electron chi connectivity index (χ3n) is 3.66. The first-order chi connectivity index (χ1) is 9.66. The normalized spacial score (nSPS) is 18.7. The average Bonchev–Trinajstić information content (AvgIpc) is 2.88. The van der Waals surface area contributed by atoms with Gasteiger partial charge in [0.1, 0.15) is 11.8 Å². The molecule has 0 spiro atoms. The monoisotopic (exact) mass is 289 g/mol. The SMILES string of the molecule is O=C(O)C1c2ccsc2CCN1Cc1ccccc1O. The van der Waals surface area contributed by atoms with Crippen molar-refractivity contribution in [3.8, 4) is 5.75 Å². The van der Waals surface area contributed by atoms with Crippen LogP contribution in [0.3, 0.4) is 0 Å². The van der Waals surface area contributed by atoms with Gasteiger partial charge in [0.25, 0.3) is 0 Å². The number of aromatic hydroxyl groups is 1. The molecule has 2 heterocycles. The van der Waals surface area contributed by atoms with Crippen LogP contribution in [0.15, 0.2) is 35.7 Å². The van der Waals surface area contributed by atoms with Gasteiger partial charge in [0.2, 0.25) is 0 Å². The number of phenolic OH excluding ortho intramolecular Hbond substituents is 1. The third-order valence-corrected chi connectivity index (χ3v) is 4.66. The molecule has 3 rings (SSSR count). The number of hydrogen-bond acceptors (Lipinski definition) is 4. The second-order valence-corrected chi connectivity index (χ2v) is 5.89. The first-order valence-corrected chi connectivity index (χ1v) is 7.35. The van der Waals surface area contributed by atoms with Crippen molar-refractivity contribution in [1.29, 1.82) is 0 Å². The number of para-hydroxylation sites is 1. The highest BCUT2D eigenvalue weighted by Gasteiger charge is 2.33. The highest BCUT2D eigenvalue weighted by atomic mass is 32.1. The average molecular weight is 289 g/mol. The van der Waals surface area contributed by atoms with Crippen LogP contribution in [0.2, 0.25) is 0 Å². The number of thiophene rings is 1. The van der Waals surface area contributed by atoms with Gasteiger partial charge in [-0.05, 0) is 29.5 Å². The fraction of sp³-hybridized carbons (Fsp3) is 0.267. The first-order valence-electron chi connectivity index (χ1n) is 6.47. The molecule has 0 saturated carbocycles. The van der Waals surface area contributed by atoms with Crippen LogP contribution >= 0.6 is 11.3 Å². The molecule has 1 aliphatic heterocycles. The lowest BCUT2D eigenvalue weighted by molar-refractivity contribution is -0.144. The number of hydrogen-bond donors (Lipinski definition) is 2. The van der Waals surface area contributed by atoms with Crippen LogP contribution < -0.4 is 0 Å². The number of rotatable bonds is 3. The molecular formula is C15H15NO3S. The maximum absolute atomic E-state index is 11.6. The predicted molar refractivity (Wildman–Crippen MR) is 76.9 cm³/mol. The van der Waals surface area contributed by atoms with Crippen molar-refractivity contribution in [1.82, 2.24) is 4.90 Å². The van der Waals surface area contributed by atoms with E-state index in [2.05, 4.69) is 0 Å². The molecule has 20 heavy (non-hydrogen) atoms. The molecule has 5 heteroatoms. The summed E-state index contributed by atoms with van der Waals surface area (Å²) in [6.45, 7) is 1.14. The Morgan fingerprint density at radius 3 is 2.90 bits per heavy atom. The molecule has 0 aliphatic carbocycles. The number of carboxylic acids is 1. The Labute approximate surface area is 120 Å². The number of carboxylic acid groups (broad SMARTS) is 1. The van der Waals surface area contributed by atoms with Crippen molar-refractivity contribution in [2.45, 2.75) is 19.0 Å². The zero-order chi connectivity index (χ0) is 14.1. The summed E-state index contributed by atoms with van der Waals surface area (Å²) >= 11 is 1.62. The predicted octanol–water partition coefficient (Wildman–Crippen LogP) is 2.64. The van der Waals surface area contributed by atoms with Crippen LogP contribution in [0.5, 0.6) is 5.75 Å². The van der Waals surface area contributed by atoms with Crippen molar-refractivity contribution in [2.24, 2.45) is 0 Å². The molecule has 1 unspecified atom stereocenters. The van der Waals surface area contributed by atoms with Gasteiger partial charge in [0.05, 0.1) is 0 Å². The Hall–Kier alpha value is -1.85. The van der Waals surface area contributed by atoms with E-state index in [1.807, 2.05) is 28.5 Å². The highest BCUT2D eigenvalue weighted by Crippen LogP contribution is 2.35. The molecule has 2 aromatic rings. The summed E-state index contributed by atoms with van der Waals surface area (Å²) in [7, 11) is 0. The quantitative estimate of drug-likeness (QED) is 0.912. The molecule has 104 valence electrons. The van der Waals surface area contributed by atoms with E-state index in [9.17, 15) is 15.0 Å². The van der Waals surface area contributed by atoms with Gasteiger partial charge in [0.15, 0.2) is 0 Å². The minimum Gasteiger partial charge on any atom is -0.508 e. The molecule has 1 aromatic heterocycles. The fourth-order valence-corrected chi connectivity index (χ4v) is 3.59. The van der Waals surface area contributed by atoms with E-state index in [0.29, 0.717) is 13.1 Å². The number of fused-ring (bicyclic) bond motifs is 1. The topological polar surface area (TPSA) is 60.8 Å². The van der Waals surface area contributed by atoms with Crippen molar-refractivity contribution < 1.29 is 15.0 Å². The third kappa shape index (κ3) is 2.30. The van der Waals surface area contributed by atoms with Crippen LogP contribution in [0, 0.1) is 0 Å². The standard InChI is InChI=1S/C15H15NO3S/c17-12-4-2-1-3-10(12)9-16-7-5-13-11(6-8-20-13)14(16)15(18)19/h1-4,6,8,14,17H,5,7,9H2,(H,18,19). The molecule has 0 amide bonds. The second kappa shape index (κ2) is 5.26. The molecule has 2 N–H and O–H groups in total. The van der Waals surface area contributed by atoms with E-state index in [1.165, 1.54) is 0 Å². The van der Waals surface area contributed by atoms with Gasteiger partial charge in [-0.1, -0.05) is 18.2 Å². The minimum atomic E-state index is -0.834. The van der Waals surface area contributed by atoms with Gasteiger partial charge in [-0.3, -0.25) is 9.69 Å². The minimum absolute atomic E-state index is 0.216. The largest absolute Gasteiger partial charge is 0.508 e. The zero-order valence-corrected chi connectivity index (χ0v) is 11.6. The number of nitrogens with zero attached hydrogens (tertiary/aromatic N) is 1. The van der Waals surface area contributed by atoms with Crippen LogP contribution in [0.25, 0.3) is 0 Å². The number of benzene rings is 1. The van der Waals surface area contributed by atoms with Gasteiger partial charge in [-0.2, -0.15) is 0 Å².